The van der Waals surface area contributed by atoms with E-state index in [1.165, 1.54) is 57.5 Å². The molecule has 6 rings (SSSR count). The van der Waals surface area contributed by atoms with Crippen LogP contribution in [0.2, 0.25) is 0 Å². The van der Waals surface area contributed by atoms with Crippen molar-refractivity contribution >= 4 is 98.0 Å². The summed E-state index contributed by atoms with van der Waals surface area (Å²) in [6, 6.07) is 12.6. The van der Waals surface area contributed by atoms with E-state index in [-0.39, 0.29) is 180 Å². The molecule has 0 saturated heterocycles. The number of benzene rings is 6. The van der Waals surface area contributed by atoms with Crippen LogP contribution in [0.5, 0.6) is 23.0 Å². The van der Waals surface area contributed by atoms with Crippen LogP contribution in [-0.2, 0) is 30.4 Å². The average Bonchev–Trinajstić information content (AvgIpc) is 3.18. The second-order valence-corrected chi connectivity index (χ2v) is 17.0. The van der Waals surface area contributed by atoms with Crippen LogP contribution in [0.1, 0.15) is 15.9 Å². The Balaban J connectivity index is 0.00000374. The molecule has 0 unspecified atom stereocenters. The maximum atomic E-state index is 13.5. The van der Waals surface area contributed by atoms with E-state index in [9.17, 15) is 64.1 Å². The number of carboxylic acids is 1. The quantitative estimate of drug-likeness (QED) is 0.0291. The predicted molar refractivity (Wildman–Crippen MR) is 210 cm³/mol. The van der Waals surface area contributed by atoms with Crippen LogP contribution in [0.3, 0.4) is 0 Å². The Kier molecular flexibility index (Phi) is 20.8. The van der Waals surface area contributed by atoms with E-state index in [1.807, 2.05) is 0 Å². The van der Waals surface area contributed by atoms with E-state index in [2.05, 4.69) is 30.8 Å². The van der Waals surface area contributed by atoms with Crippen LogP contribution >= 0.6 is 0 Å². The molecule has 0 spiro atoms. The number of anilines is 1. The molecule has 6 aromatic carbocycles. The number of aliphatic imine (C=N–C) groups is 1. The van der Waals surface area contributed by atoms with Crippen LogP contribution in [0.4, 0.5) is 34.1 Å². The topological polar surface area (TPSA) is 365 Å². The summed E-state index contributed by atoms with van der Waals surface area (Å²) in [6.07, 6.45) is 0. The van der Waals surface area contributed by atoms with Crippen molar-refractivity contribution in [1.82, 2.24) is 0 Å². The zero-order chi connectivity index (χ0) is 45.5. The van der Waals surface area contributed by atoms with Crippen molar-refractivity contribution in [2.45, 2.75) is 21.6 Å². The number of azo groups is 2. The molecule has 22 nitrogen and oxygen atoms in total. The molecule has 66 heavy (non-hydrogen) atoms. The van der Waals surface area contributed by atoms with Gasteiger partial charge >= 0.3 is 118 Å². The summed E-state index contributed by atoms with van der Waals surface area (Å²) in [6.45, 7) is 1.51. The van der Waals surface area contributed by atoms with E-state index in [1.54, 1.807) is 0 Å². The summed E-state index contributed by atoms with van der Waals surface area (Å²) in [7, 11) is -12.5. The van der Waals surface area contributed by atoms with Crippen molar-refractivity contribution in [3.8, 4) is 23.0 Å². The summed E-state index contributed by atoms with van der Waals surface area (Å²) in [5.74, 6) is -3.58. The van der Waals surface area contributed by atoms with Gasteiger partial charge in [-0.05, 0) is 101 Å². The third kappa shape index (κ3) is 13.5. The van der Waals surface area contributed by atoms with Gasteiger partial charge in [0, 0.05) is 17.1 Å². The number of hydrogen-bond donors (Lipinski definition) is 4. The van der Waals surface area contributed by atoms with Crippen LogP contribution < -0.4 is 153 Å². The largest absolute Gasteiger partial charge is 1.00 e. The number of carbonyl (C=O) groups excluding carboxylic acids is 1. The number of methoxy groups -OCH3 is 2. The number of rotatable bonds is 12. The average molecular weight is 999 g/mol. The minimum atomic E-state index is -5.13. The molecule has 0 aliphatic rings. The summed E-state index contributed by atoms with van der Waals surface area (Å²) >= 11 is 0. The first-order chi connectivity index (χ1) is 29.0. The fourth-order valence-corrected chi connectivity index (χ4v) is 7.59. The number of nitrogens with one attached hydrogen (secondary N) is 1. The maximum Gasteiger partial charge on any atom is 1.00 e. The smallest absolute Gasteiger partial charge is 0.872 e. The number of aryl methyl sites for hydroxylation is 1. The number of carboxylic acid groups (broad SMARTS) is 1. The molecule has 0 aliphatic carbocycles. The Labute approximate surface area is 463 Å². The fourth-order valence-electron chi connectivity index (χ4n) is 5.87. The first-order valence-electron chi connectivity index (χ1n) is 16.9. The van der Waals surface area contributed by atoms with Crippen LogP contribution in [-0.4, -0.2) is 65.1 Å². The second kappa shape index (κ2) is 23.3. The van der Waals surface area contributed by atoms with Crippen molar-refractivity contribution in [2.75, 3.05) is 19.5 Å². The molecule has 0 bridgehead atoms. The molecule has 0 aromatic heterocycles. The first-order valence-corrected chi connectivity index (χ1v) is 21.2. The Morgan fingerprint density at radius 2 is 1.21 bits per heavy atom. The summed E-state index contributed by atoms with van der Waals surface area (Å²) in [5.41, 5.74) is -1.44. The third-order valence-electron chi connectivity index (χ3n) is 8.75. The third-order valence-corrected chi connectivity index (χ3v) is 11.3. The van der Waals surface area contributed by atoms with E-state index < -0.39 is 79.9 Å². The number of fused-ring (bicyclic) bond motifs is 2. The zero-order valence-electron chi connectivity index (χ0n) is 35.6. The molecular weight excluding hydrogens is 973 g/mol. The first kappa shape index (κ1) is 58.8. The number of aromatic carboxylic acids is 1. The molecule has 4 N–H and O–H groups in total. The Hall–Kier alpha value is -3.29. The molecule has 0 heterocycles. The van der Waals surface area contributed by atoms with Gasteiger partial charge in [-0.25, -0.2) is 4.99 Å². The number of ether oxygens (including phenoxy) is 2. The number of nitrogens with zero attached hydrogens (tertiary/aromatic N) is 5. The molecule has 0 fully saturated rings. The van der Waals surface area contributed by atoms with E-state index >= 15 is 0 Å². The van der Waals surface area contributed by atoms with E-state index in [4.69, 9.17) is 9.47 Å². The molecule has 0 amide bonds. The van der Waals surface area contributed by atoms with E-state index in [0.29, 0.717) is 11.6 Å². The fraction of sp³-hybridized carbons (Fsp3) is 0.0811. The Morgan fingerprint density at radius 3 is 1.79 bits per heavy atom. The molecule has 0 atom stereocenters. The molecule has 322 valence electrons. The molecule has 6 aromatic rings. The van der Waals surface area contributed by atoms with Crippen LogP contribution in [0.25, 0.3) is 21.5 Å². The zero-order valence-corrected chi connectivity index (χ0v) is 46.1. The van der Waals surface area contributed by atoms with Gasteiger partial charge in [-0.3, -0.25) is 13.7 Å². The van der Waals surface area contributed by atoms with Gasteiger partial charge in [0.25, 0.3) is 30.4 Å². The molecule has 29 heteroatoms. The van der Waals surface area contributed by atoms with Gasteiger partial charge < -0.3 is 40.0 Å². The van der Waals surface area contributed by atoms with Crippen molar-refractivity contribution in [2.24, 2.45) is 25.4 Å². The normalized spacial score (nSPS) is 11.9. The Morgan fingerprint density at radius 1 is 0.621 bits per heavy atom. The maximum absolute atomic E-state index is 13.5. The van der Waals surface area contributed by atoms with Gasteiger partial charge in [-0.15, -0.1) is 15.3 Å². The van der Waals surface area contributed by atoms with E-state index in [0.717, 1.165) is 36.4 Å². The summed E-state index contributed by atoms with van der Waals surface area (Å²) < 4.78 is 112. The number of amidine groups is 1. The van der Waals surface area contributed by atoms with Gasteiger partial charge in [0.2, 0.25) is 0 Å². The van der Waals surface area contributed by atoms with Gasteiger partial charge in [0.15, 0.2) is 0 Å². The van der Waals surface area contributed by atoms with Crippen molar-refractivity contribution in [3.63, 3.8) is 0 Å². The van der Waals surface area contributed by atoms with Crippen molar-refractivity contribution in [1.29, 1.82) is 0 Å². The molecule has 0 saturated carbocycles. The van der Waals surface area contributed by atoms with Crippen LogP contribution in [0, 0.1) is 6.92 Å². The molecule has 0 aliphatic heterocycles. The minimum absolute atomic E-state index is 0. The van der Waals surface area contributed by atoms with Gasteiger partial charge in [0.1, 0.15) is 27.8 Å². The monoisotopic (exact) mass is 998 g/mol. The molecule has 0 radical (unpaired) electrons. The SMILES string of the molecule is COc1ccc(C(=O)[O-])cc1N=Nc1c(S(=O)(=O)O)cc2cc(NC([O-])=Nc3cc(C)c(N=Nc4cc(S(=O)(=O)O)cc5cc(S(=O)(=O)O)cc([O-])c45)cc3OC)ccc2c1[O-].[Na+].[Na+].[Na+].[Na+]. The minimum Gasteiger partial charge on any atom is -0.872 e. The van der Waals surface area contributed by atoms with Crippen molar-refractivity contribution in [3.05, 3.63) is 90.0 Å². The summed E-state index contributed by atoms with van der Waals surface area (Å²) in [5, 5.41) is 68.0. The van der Waals surface area contributed by atoms with Gasteiger partial charge in [0.05, 0.1) is 53.1 Å². The van der Waals surface area contributed by atoms with Gasteiger partial charge in [-0.1, -0.05) is 17.6 Å². The standard InChI is InChI=1S/C37H30N6O16S3.4Na/c1-17-8-26(31(59-3)16-25(17)40-42-28-14-22(60(49,50)51)10-20-11-23(61(52,53)54)15-29(44)33(20)28)39-37(48)38-21-5-6-24-19(9-21)13-32(62(55,56)57)34(35(24)45)43-41-27-12-18(36(46)47)4-7-30(27)58-2;;;;/h4-16,44-45H,1-3H3,(H,46,47)(H2,38,39,48)(H,49,50,51)(H,52,53,54)(H,55,56,57);;;;/q;4*+1/p-4. The number of carbonyl (C=O) groups is 1. The van der Waals surface area contributed by atoms with Gasteiger partial charge in [-0.2, -0.15) is 30.4 Å². The molecular formula is C37H26N6Na4O16S3. The summed E-state index contributed by atoms with van der Waals surface area (Å²) in [4.78, 5) is 12.8. The van der Waals surface area contributed by atoms with Crippen LogP contribution in [0.15, 0.2) is 119 Å². The Bertz CT molecular complexity index is 3320. The second-order valence-electron chi connectivity index (χ2n) is 12.8. The predicted octanol–water partition coefficient (Wildman–Crippen LogP) is -8.12. The van der Waals surface area contributed by atoms with Crippen molar-refractivity contribution < 1.29 is 192 Å². The number of hydrogen-bond acceptors (Lipinski definition) is 18.